The van der Waals surface area contributed by atoms with E-state index in [1.54, 1.807) is 0 Å². The molecule has 4 rings (SSSR count). The van der Waals surface area contributed by atoms with Gasteiger partial charge in [-0.15, -0.1) is 0 Å². The van der Waals surface area contributed by atoms with Crippen LogP contribution in [0.3, 0.4) is 0 Å². The van der Waals surface area contributed by atoms with E-state index >= 15 is 0 Å². The number of nitrogens with zero attached hydrogens (tertiary/aromatic N) is 2. The second-order valence-electron chi connectivity index (χ2n) is 5.80. The highest BCUT2D eigenvalue weighted by atomic mass is 32.1. The third-order valence-corrected chi connectivity index (χ3v) is 4.80. The molecule has 1 amide bonds. The molecule has 0 unspecified atom stereocenters. The molecule has 2 aromatic heterocycles. The number of carbonyl (C=O) groups is 1. The Bertz CT molecular complexity index is 1030. The van der Waals surface area contributed by atoms with Gasteiger partial charge in [0, 0.05) is 5.39 Å². The zero-order chi connectivity index (χ0) is 16.7. The lowest BCUT2D eigenvalue weighted by atomic mass is 10.1. The number of benzene rings is 2. The maximum atomic E-state index is 12.3. The summed E-state index contributed by atoms with van der Waals surface area (Å²) >= 11 is 1.46. The Labute approximate surface area is 142 Å². The molecule has 5 nitrogen and oxygen atoms in total. The lowest BCUT2D eigenvalue weighted by molar-refractivity contribution is -0.115. The third kappa shape index (κ3) is 2.65. The highest BCUT2D eigenvalue weighted by Gasteiger charge is 2.15. The minimum absolute atomic E-state index is 0.150. The first-order valence-corrected chi connectivity index (χ1v) is 8.43. The van der Waals surface area contributed by atoms with Crippen molar-refractivity contribution in [3.63, 3.8) is 0 Å². The molecule has 2 heterocycles. The molecule has 0 aliphatic rings. The number of aryl methyl sites for hydroxylation is 2. The van der Waals surface area contributed by atoms with Gasteiger partial charge in [0.05, 0.1) is 16.6 Å². The first-order chi connectivity index (χ1) is 11.6. The standard InChI is InChI=1S/C18H15N3O2S/c1-10-7-11(2)17-12(8-10)14(21-23-17)9-16(22)20-18-19-13-5-3-4-6-15(13)24-18/h3-8H,9H2,1-2H3,(H,19,20,22). The van der Waals surface area contributed by atoms with Crippen molar-refractivity contribution < 1.29 is 9.32 Å². The van der Waals surface area contributed by atoms with Gasteiger partial charge in [-0.3, -0.25) is 4.79 Å². The van der Waals surface area contributed by atoms with Crippen molar-refractivity contribution in [3.05, 3.63) is 53.2 Å². The number of nitrogens with one attached hydrogen (secondary N) is 1. The molecule has 6 heteroatoms. The summed E-state index contributed by atoms with van der Waals surface area (Å²) in [4.78, 5) is 16.8. The van der Waals surface area contributed by atoms with E-state index in [-0.39, 0.29) is 12.3 Å². The number of fused-ring (bicyclic) bond motifs is 2. The van der Waals surface area contributed by atoms with Crippen LogP contribution in [-0.2, 0) is 11.2 Å². The van der Waals surface area contributed by atoms with Crippen LogP contribution in [0.5, 0.6) is 0 Å². The summed E-state index contributed by atoms with van der Waals surface area (Å²) in [6, 6.07) is 11.8. The van der Waals surface area contributed by atoms with Crippen LogP contribution in [0.25, 0.3) is 21.2 Å². The van der Waals surface area contributed by atoms with Crippen LogP contribution in [0.15, 0.2) is 40.9 Å². The molecule has 2 aromatic carbocycles. The fourth-order valence-corrected chi connectivity index (χ4v) is 3.69. The van der Waals surface area contributed by atoms with Gasteiger partial charge in [0.1, 0.15) is 5.69 Å². The monoisotopic (exact) mass is 337 g/mol. The molecule has 0 fully saturated rings. The van der Waals surface area contributed by atoms with E-state index in [0.717, 1.165) is 32.3 Å². The van der Waals surface area contributed by atoms with Gasteiger partial charge in [-0.25, -0.2) is 4.98 Å². The zero-order valence-corrected chi connectivity index (χ0v) is 14.1. The number of hydrogen-bond donors (Lipinski definition) is 1. The molecule has 1 N–H and O–H groups in total. The van der Waals surface area contributed by atoms with Crippen molar-refractivity contribution in [2.75, 3.05) is 5.32 Å². The van der Waals surface area contributed by atoms with Gasteiger partial charge in [-0.2, -0.15) is 0 Å². The Kier molecular flexibility index (Phi) is 3.54. The largest absolute Gasteiger partial charge is 0.356 e. The van der Waals surface area contributed by atoms with Crippen LogP contribution >= 0.6 is 11.3 Å². The van der Waals surface area contributed by atoms with Gasteiger partial charge in [-0.05, 0) is 43.2 Å². The smallest absolute Gasteiger partial charge is 0.232 e. The second-order valence-corrected chi connectivity index (χ2v) is 6.83. The van der Waals surface area contributed by atoms with Crippen molar-refractivity contribution in [2.24, 2.45) is 0 Å². The number of amides is 1. The lowest BCUT2D eigenvalue weighted by Gasteiger charge is -2.00. The van der Waals surface area contributed by atoms with Crippen LogP contribution in [0.4, 0.5) is 5.13 Å². The average Bonchev–Trinajstić information content (AvgIpc) is 3.11. The van der Waals surface area contributed by atoms with Crippen molar-refractivity contribution in [1.82, 2.24) is 10.1 Å². The van der Waals surface area contributed by atoms with E-state index < -0.39 is 0 Å². The van der Waals surface area contributed by atoms with Crippen LogP contribution < -0.4 is 5.32 Å². The summed E-state index contributed by atoms with van der Waals surface area (Å²) in [5, 5.41) is 8.41. The normalized spacial score (nSPS) is 11.2. The van der Waals surface area contributed by atoms with Crippen LogP contribution in [0, 0.1) is 13.8 Å². The molecule has 4 aromatic rings. The molecule has 0 saturated carbocycles. The summed E-state index contributed by atoms with van der Waals surface area (Å²) in [6.07, 6.45) is 0.159. The fraction of sp³-hybridized carbons (Fsp3) is 0.167. The van der Waals surface area contributed by atoms with Crippen LogP contribution in [0.1, 0.15) is 16.8 Å². The summed E-state index contributed by atoms with van der Waals surface area (Å²) in [7, 11) is 0. The number of para-hydroxylation sites is 1. The van der Waals surface area contributed by atoms with E-state index in [0.29, 0.717) is 10.8 Å². The second kappa shape index (κ2) is 5.72. The van der Waals surface area contributed by atoms with Gasteiger partial charge >= 0.3 is 0 Å². The minimum atomic E-state index is -0.150. The highest BCUT2D eigenvalue weighted by Crippen LogP contribution is 2.27. The van der Waals surface area contributed by atoms with Gasteiger partial charge in [0.2, 0.25) is 5.91 Å². The summed E-state index contributed by atoms with van der Waals surface area (Å²) in [5.41, 5.74) is 4.42. The maximum Gasteiger partial charge on any atom is 0.232 e. The quantitative estimate of drug-likeness (QED) is 0.607. The summed E-state index contributed by atoms with van der Waals surface area (Å²) in [5.74, 6) is -0.150. The van der Waals surface area contributed by atoms with E-state index in [1.165, 1.54) is 11.3 Å². The Morgan fingerprint density at radius 2 is 2.08 bits per heavy atom. The number of carbonyl (C=O) groups excluding carboxylic acids is 1. The van der Waals surface area contributed by atoms with Gasteiger partial charge in [0.15, 0.2) is 10.7 Å². The predicted molar refractivity (Wildman–Crippen MR) is 95.4 cm³/mol. The van der Waals surface area contributed by atoms with Crippen molar-refractivity contribution in [1.29, 1.82) is 0 Å². The zero-order valence-electron chi connectivity index (χ0n) is 13.3. The molecule has 0 bridgehead atoms. The van der Waals surface area contributed by atoms with Crippen LogP contribution in [0.2, 0.25) is 0 Å². The number of rotatable bonds is 3. The first-order valence-electron chi connectivity index (χ1n) is 7.61. The summed E-state index contributed by atoms with van der Waals surface area (Å²) in [6.45, 7) is 4.00. The number of anilines is 1. The third-order valence-electron chi connectivity index (χ3n) is 3.85. The van der Waals surface area contributed by atoms with Gasteiger partial charge < -0.3 is 9.84 Å². The Morgan fingerprint density at radius 3 is 2.92 bits per heavy atom. The average molecular weight is 337 g/mol. The van der Waals surface area contributed by atoms with E-state index in [4.69, 9.17) is 4.52 Å². The minimum Gasteiger partial charge on any atom is -0.356 e. The molecule has 0 spiro atoms. The van der Waals surface area contributed by atoms with Crippen LogP contribution in [-0.4, -0.2) is 16.0 Å². The summed E-state index contributed by atoms with van der Waals surface area (Å²) < 4.78 is 6.44. The number of thiazole rings is 1. The molecular weight excluding hydrogens is 322 g/mol. The molecule has 120 valence electrons. The van der Waals surface area contributed by atoms with E-state index in [1.807, 2.05) is 50.2 Å². The van der Waals surface area contributed by atoms with E-state index in [9.17, 15) is 4.79 Å². The van der Waals surface area contributed by atoms with E-state index in [2.05, 4.69) is 15.5 Å². The maximum absolute atomic E-state index is 12.3. The Morgan fingerprint density at radius 1 is 1.25 bits per heavy atom. The van der Waals surface area contributed by atoms with Crippen molar-refractivity contribution in [3.8, 4) is 0 Å². The molecule has 0 aliphatic heterocycles. The Hall–Kier alpha value is -2.73. The highest BCUT2D eigenvalue weighted by molar-refractivity contribution is 7.22. The van der Waals surface area contributed by atoms with Gasteiger partial charge in [-0.1, -0.05) is 34.7 Å². The van der Waals surface area contributed by atoms with Crippen molar-refractivity contribution in [2.45, 2.75) is 20.3 Å². The predicted octanol–water partition coefficient (Wildman–Crippen LogP) is 4.24. The molecule has 0 saturated heterocycles. The lowest BCUT2D eigenvalue weighted by Crippen LogP contribution is -2.14. The number of aromatic nitrogens is 2. The first kappa shape index (κ1) is 14.8. The van der Waals surface area contributed by atoms with Crippen molar-refractivity contribution >= 4 is 43.6 Å². The molecule has 0 radical (unpaired) electrons. The number of hydrogen-bond acceptors (Lipinski definition) is 5. The Balaban J connectivity index is 1.58. The topological polar surface area (TPSA) is 68.0 Å². The molecule has 0 atom stereocenters. The van der Waals surface area contributed by atoms with Gasteiger partial charge in [0.25, 0.3) is 0 Å². The molecule has 0 aliphatic carbocycles. The molecular formula is C18H15N3O2S. The fourth-order valence-electron chi connectivity index (χ4n) is 2.81. The molecule has 24 heavy (non-hydrogen) atoms. The SMILES string of the molecule is Cc1cc(C)c2onc(CC(=O)Nc3nc4ccccc4s3)c2c1.